The van der Waals surface area contributed by atoms with Gasteiger partial charge >= 0.3 is 0 Å². The highest BCUT2D eigenvalue weighted by molar-refractivity contribution is 5.91. The maximum Gasteiger partial charge on any atom is 0.281 e. The van der Waals surface area contributed by atoms with Gasteiger partial charge in [-0.3, -0.25) is 5.41 Å². The number of guanidine groups is 2. The standard InChI is InChI=1S/C4H9N7O4/c1-10(2)3(5)7-4(6)11(14-8-12)15-9-13/h1-2H3,(H3,5,6,7). The van der Waals surface area contributed by atoms with Crippen molar-refractivity contribution in [2.75, 3.05) is 14.1 Å². The zero-order valence-corrected chi connectivity index (χ0v) is 7.95. The van der Waals surface area contributed by atoms with Gasteiger partial charge in [0.2, 0.25) is 5.96 Å². The average molecular weight is 219 g/mol. The molecule has 0 aromatic carbocycles. The first-order valence-electron chi connectivity index (χ1n) is 3.42. The number of nitrogens with zero attached hydrogens (tertiary/aromatic N) is 5. The van der Waals surface area contributed by atoms with E-state index >= 15 is 0 Å². The van der Waals surface area contributed by atoms with Crippen LogP contribution >= 0.6 is 0 Å². The van der Waals surface area contributed by atoms with Gasteiger partial charge in [0.25, 0.3) is 5.96 Å². The van der Waals surface area contributed by atoms with Crippen LogP contribution in [-0.2, 0) is 9.88 Å². The zero-order valence-electron chi connectivity index (χ0n) is 7.95. The monoisotopic (exact) mass is 219 g/mol. The van der Waals surface area contributed by atoms with Crippen molar-refractivity contribution in [1.29, 1.82) is 5.41 Å². The van der Waals surface area contributed by atoms with E-state index in [0.29, 0.717) is 0 Å². The fourth-order valence-corrected chi connectivity index (χ4v) is 0.408. The molecule has 0 unspecified atom stereocenters. The Kier molecular flexibility index (Phi) is 5.07. The van der Waals surface area contributed by atoms with Crippen LogP contribution in [0.1, 0.15) is 0 Å². The third-order valence-corrected chi connectivity index (χ3v) is 1.05. The molecule has 0 radical (unpaired) electrons. The molecule has 11 heteroatoms. The molecular formula is C4H9N7O4. The van der Waals surface area contributed by atoms with E-state index in [0.717, 1.165) is 0 Å². The molecule has 3 N–H and O–H groups in total. The van der Waals surface area contributed by atoms with Gasteiger partial charge in [0.05, 0.1) is 5.23 Å². The SMILES string of the molecule is CN(C)C(=N)/N=C(\N)N(ON=O)ON=O. The van der Waals surface area contributed by atoms with Gasteiger partial charge in [0.1, 0.15) is 0 Å². The summed E-state index contributed by atoms with van der Waals surface area (Å²) in [7, 11) is 3.06. The van der Waals surface area contributed by atoms with E-state index in [1.165, 1.54) is 19.0 Å². The highest BCUT2D eigenvalue weighted by atomic mass is 17.1. The summed E-state index contributed by atoms with van der Waals surface area (Å²) in [5.74, 6) is -0.852. The maximum absolute atomic E-state index is 9.70. The summed E-state index contributed by atoms with van der Waals surface area (Å²) in [4.78, 5) is 31.8. The van der Waals surface area contributed by atoms with Crippen molar-refractivity contribution in [1.82, 2.24) is 10.1 Å². The Morgan fingerprint density at radius 3 is 2.07 bits per heavy atom. The zero-order chi connectivity index (χ0) is 11.8. The van der Waals surface area contributed by atoms with Gasteiger partial charge in [-0.15, -0.1) is 9.81 Å². The van der Waals surface area contributed by atoms with Crippen LogP contribution in [0.3, 0.4) is 0 Å². The molecule has 0 fully saturated rings. The molecule has 0 aromatic rings. The molecule has 0 heterocycles. The van der Waals surface area contributed by atoms with E-state index in [4.69, 9.17) is 11.1 Å². The number of hydroxylamine groups is 2. The summed E-state index contributed by atoms with van der Waals surface area (Å²) in [5, 5.41) is 11.2. The van der Waals surface area contributed by atoms with Crippen LogP contribution in [0.25, 0.3) is 0 Å². The van der Waals surface area contributed by atoms with E-state index in [2.05, 4.69) is 14.9 Å². The van der Waals surface area contributed by atoms with Crippen molar-refractivity contribution in [2.24, 2.45) is 21.4 Å². The lowest BCUT2D eigenvalue weighted by Crippen LogP contribution is -2.37. The second-order valence-electron chi connectivity index (χ2n) is 2.26. The Balaban J connectivity index is 4.59. The Morgan fingerprint density at radius 1 is 1.27 bits per heavy atom. The molecule has 0 aliphatic carbocycles. The van der Waals surface area contributed by atoms with Crippen LogP contribution in [0.15, 0.2) is 15.7 Å². The van der Waals surface area contributed by atoms with Gasteiger partial charge in [0, 0.05) is 14.1 Å². The Hall–Kier alpha value is -2.46. The molecule has 84 valence electrons. The fourth-order valence-electron chi connectivity index (χ4n) is 0.408. The van der Waals surface area contributed by atoms with E-state index in [9.17, 15) is 9.81 Å². The van der Waals surface area contributed by atoms with Crippen molar-refractivity contribution >= 4 is 11.9 Å². The number of nitrogens with one attached hydrogen (secondary N) is 1. The van der Waals surface area contributed by atoms with Crippen molar-refractivity contribution in [3.05, 3.63) is 9.81 Å². The highest BCUT2D eigenvalue weighted by Gasteiger charge is 2.14. The predicted octanol–water partition coefficient (Wildman–Crippen LogP) is -0.675. The second-order valence-corrected chi connectivity index (χ2v) is 2.26. The lowest BCUT2D eigenvalue weighted by Gasteiger charge is -2.12. The van der Waals surface area contributed by atoms with Gasteiger partial charge in [-0.25, -0.2) is 0 Å². The first kappa shape index (κ1) is 12.5. The summed E-state index contributed by atoms with van der Waals surface area (Å²) in [5.41, 5.74) is 5.19. The Labute approximate surface area is 83.7 Å². The highest BCUT2D eigenvalue weighted by Crippen LogP contribution is 1.94. The summed E-state index contributed by atoms with van der Waals surface area (Å²) >= 11 is 0. The van der Waals surface area contributed by atoms with Crippen molar-refractivity contribution in [3.8, 4) is 0 Å². The molecule has 0 aliphatic heterocycles. The van der Waals surface area contributed by atoms with Crippen LogP contribution in [0.2, 0.25) is 0 Å². The van der Waals surface area contributed by atoms with Crippen molar-refractivity contribution < 1.29 is 9.88 Å². The van der Waals surface area contributed by atoms with Gasteiger partial charge in [0.15, 0.2) is 10.7 Å². The minimum absolute atomic E-state index is 0.0536. The van der Waals surface area contributed by atoms with Gasteiger partial charge < -0.3 is 10.6 Å². The molecule has 0 bridgehead atoms. The van der Waals surface area contributed by atoms with Gasteiger partial charge in [-0.1, -0.05) is 0 Å². The van der Waals surface area contributed by atoms with Crippen LogP contribution < -0.4 is 5.73 Å². The van der Waals surface area contributed by atoms with Crippen LogP contribution in [-0.4, -0.2) is 36.1 Å². The quantitative estimate of drug-likeness (QED) is 0.275. The van der Waals surface area contributed by atoms with E-state index in [1.807, 2.05) is 10.7 Å². The summed E-state index contributed by atoms with van der Waals surface area (Å²) in [6.45, 7) is 0. The molecule has 15 heavy (non-hydrogen) atoms. The molecular weight excluding hydrogens is 210 g/mol. The molecule has 0 rings (SSSR count). The summed E-state index contributed by atoms with van der Waals surface area (Å²) < 4.78 is 0. The van der Waals surface area contributed by atoms with Gasteiger partial charge in [-0.05, 0) is 0 Å². The Morgan fingerprint density at radius 2 is 1.73 bits per heavy atom. The summed E-state index contributed by atoms with van der Waals surface area (Å²) in [6.07, 6.45) is 0. The number of hydrogen-bond donors (Lipinski definition) is 2. The molecule has 0 aromatic heterocycles. The number of aliphatic imine (C=N–C) groups is 1. The molecule has 0 saturated carbocycles. The lowest BCUT2D eigenvalue weighted by atomic mass is 10.8. The lowest BCUT2D eigenvalue weighted by molar-refractivity contribution is -0.322. The number of rotatable bonds is 4. The topological polar surface area (TPSA) is 146 Å². The van der Waals surface area contributed by atoms with Crippen LogP contribution in [0.5, 0.6) is 0 Å². The third kappa shape index (κ3) is 4.35. The largest absolute Gasteiger partial charge is 0.364 e. The number of hydrogen-bond acceptors (Lipinski definition) is 7. The molecule has 0 aliphatic rings. The molecule has 0 amide bonds. The normalized spacial score (nSPS) is 10.1. The second kappa shape index (κ2) is 6.06. The minimum atomic E-state index is -0.590. The van der Waals surface area contributed by atoms with Crippen LogP contribution in [0, 0.1) is 15.2 Å². The third-order valence-electron chi connectivity index (χ3n) is 1.05. The molecule has 0 atom stereocenters. The van der Waals surface area contributed by atoms with Gasteiger partial charge in [-0.2, -0.15) is 14.9 Å². The van der Waals surface area contributed by atoms with E-state index in [-0.39, 0.29) is 11.2 Å². The van der Waals surface area contributed by atoms with Crippen molar-refractivity contribution in [3.63, 3.8) is 0 Å². The van der Waals surface area contributed by atoms with Crippen molar-refractivity contribution in [2.45, 2.75) is 0 Å². The molecule has 0 spiro atoms. The Bertz CT molecular complexity index is 266. The summed E-state index contributed by atoms with van der Waals surface area (Å²) in [6, 6.07) is 0. The molecule has 11 nitrogen and oxygen atoms in total. The first-order valence-corrected chi connectivity index (χ1v) is 3.42. The molecule has 0 saturated heterocycles. The van der Waals surface area contributed by atoms with E-state index < -0.39 is 5.96 Å². The van der Waals surface area contributed by atoms with Crippen LogP contribution in [0.4, 0.5) is 0 Å². The first-order chi connectivity index (χ1) is 7.02. The maximum atomic E-state index is 9.70. The fraction of sp³-hybridized carbons (Fsp3) is 0.500. The predicted molar refractivity (Wildman–Crippen MR) is 48.6 cm³/mol. The van der Waals surface area contributed by atoms with E-state index in [1.54, 1.807) is 0 Å². The minimum Gasteiger partial charge on any atom is -0.364 e. The smallest absolute Gasteiger partial charge is 0.281 e. The number of nitrogens with two attached hydrogens (primary N) is 1. The average Bonchev–Trinajstić information content (AvgIpc) is 2.17.